The van der Waals surface area contributed by atoms with Crippen LogP contribution in [-0.4, -0.2) is 47.8 Å². The molecule has 0 spiro atoms. The van der Waals surface area contributed by atoms with Crippen LogP contribution < -0.4 is 16.0 Å². The molecule has 0 fully saturated rings. The van der Waals surface area contributed by atoms with Crippen molar-refractivity contribution in [2.45, 2.75) is 13.3 Å². The van der Waals surface area contributed by atoms with E-state index in [-0.39, 0.29) is 18.3 Å². The molecule has 0 saturated heterocycles. The Morgan fingerprint density at radius 3 is 2.44 bits per heavy atom. The molecule has 166 valence electrons. The smallest absolute Gasteiger partial charge is 0.269 e. The molecule has 9 heteroatoms. The summed E-state index contributed by atoms with van der Waals surface area (Å²) in [5, 5.41) is 22.0. The van der Waals surface area contributed by atoms with Crippen LogP contribution in [0.4, 0.5) is 5.82 Å². The van der Waals surface area contributed by atoms with Gasteiger partial charge in [0.2, 0.25) is 0 Å². The zero-order chi connectivity index (χ0) is 22.9. The average molecular weight is 434 g/mol. The Kier molecular flexibility index (Phi) is 7.82. The molecule has 1 amide bonds. The van der Waals surface area contributed by atoms with Crippen LogP contribution >= 0.6 is 0 Å². The third-order valence-electron chi connectivity index (χ3n) is 5.02. The molecule has 0 aliphatic heterocycles. The number of carbonyl (C=O) groups excluding carboxylic acids is 1. The second kappa shape index (κ2) is 11.0. The van der Waals surface area contributed by atoms with Gasteiger partial charge in [0.15, 0.2) is 0 Å². The lowest BCUT2D eigenvalue weighted by Crippen LogP contribution is -2.22. The maximum Gasteiger partial charge on any atom is 0.269 e. The molecule has 0 aliphatic carbocycles. The van der Waals surface area contributed by atoms with Crippen LogP contribution in [0.3, 0.4) is 0 Å². The van der Waals surface area contributed by atoms with E-state index in [9.17, 15) is 9.90 Å². The van der Waals surface area contributed by atoms with Crippen molar-refractivity contribution in [3.63, 3.8) is 0 Å². The molecule has 0 unspecified atom stereocenters. The Balaban J connectivity index is 2.03. The predicted octanol–water partition coefficient (Wildman–Crippen LogP) is 3.43. The van der Waals surface area contributed by atoms with Gasteiger partial charge < -0.3 is 15.7 Å². The Morgan fingerprint density at radius 1 is 1.06 bits per heavy atom. The fourth-order valence-corrected chi connectivity index (χ4v) is 3.46. The maximum absolute atomic E-state index is 11.8. The van der Waals surface area contributed by atoms with Crippen molar-refractivity contribution < 1.29 is 9.90 Å². The lowest BCUT2D eigenvalue weighted by atomic mass is 9.92. The summed E-state index contributed by atoms with van der Waals surface area (Å²) in [6.45, 7) is 3.60. The molecule has 0 bridgehead atoms. The summed E-state index contributed by atoms with van der Waals surface area (Å²) in [5.74, 6) is 0.695. The molecular weight excluding hydrogens is 406 g/mol. The van der Waals surface area contributed by atoms with E-state index in [4.69, 9.17) is 5.53 Å². The van der Waals surface area contributed by atoms with Gasteiger partial charge in [-0.1, -0.05) is 25.1 Å². The van der Waals surface area contributed by atoms with E-state index in [1.807, 2.05) is 24.4 Å². The van der Waals surface area contributed by atoms with Crippen LogP contribution in [-0.2, 0) is 6.42 Å². The lowest BCUT2D eigenvalue weighted by Gasteiger charge is -2.19. The van der Waals surface area contributed by atoms with Crippen LogP contribution in [0.5, 0.6) is 5.75 Å². The van der Waals surface area contributed by atoms with Crippen molar-refractivity contribution in [1.82, 2.24) is 20.6 Å². The van der Waals surface area contributed by atoms with Crippen LogP contribution in [0.2, 0.25) is 0 Å². The number of nitrogens with zero attached hydrogens (tertiary/aromatic N) is 3. The van der Waals surface area contributed by atoms with Crippen LogP contribution in [0.25, 0.3) is 22.3 Å². The number of phenols is 1. The SMILES string of the molecule is CCc1c(-c2ccc(C(=O)NC)nc2)cnc(NCCNCN=N)c1-c1ccc(O)cc1. The number of aromatic nitrogens is 2. The van der Waals surface area contributed by atoms with Gasteiger partial charge in [-0.15, -0.1) is 0 Å². The number of carbonyl (C=O) groups is 1. The molecule has 32 heavy (non-hydrogen) atoms. The molecule has 0 atom stereocenters. The highest BCUT2D eigenvalue weighted by Gasteiger charge is 2.17. The van der Waals surface area contributed by atoms with Crippen LogP contribution in [0.15, 0.2) is 53.9 Å². The number of phenolic OH excluding ortho intramolecular Hbond substituents is 1. The number of aromatic hydroxyl groups is 1. The van der Waals surface area contributed by atoms with Crippen molar-refractivity contribution >= 4 is 11.7 Å². The number of anilines is 1. The summed E-state index contributed by atoms with van der Waals surface area (Å²) < 4.78 is 0. The molecule has 0 aliphatic rings. The van der Waals surface area contributed by atoms with Gasteiger partial charge in [0.25, 0.3) is 5.91 Å². The van der Waals surface area contributed by atoms with E-state index in [0.717, 1.165) is 40.1 Å². The van der Waals surface area contributed by atoms with E-state index < -0.39 is 0 Å². The number of pyridine rings is 2. The topological polar surface area (TPSA) is 135 Å². The number of nitrogens with one attached hydrogen (secondary N) is 4. The van der Waals surface area contributed by atoms with Gasteiger partial charge >= 0.3 is 0 Å². The fourth-order valence-electron chi connectivity index (χ4n) is 3.46. The lowest BCUT2D eigenvalue weighted by molar-refractivity contribution is 0.0958. The summed E-state index contributed by atoms with van der Waals surface area (Å²) in [5.41, 5.74) is 12.0. The zero-order valence-corrected chi connectivity index (χ0v) is 18.1. The number of amides is 1. The van der Waals surface area contributed by atoms with E-state index >= 15 is 0 Å². The second-order valence-corrected chi connectivity index (χ2v) is 7.03. The molecule has 2 aromatic heterocycles. The maximum atomic E-state index is 11.8. The molecule has 5 N–H and O–H groups in total. The van der Waals surface area contributed by atoms with Crippen molar-refractivity contribution in [1.29, 1.82) is 5.53 Å². The summed E-state index contributed by atoms with van der Waals surface area (Å²) >= 11 is 0. The quantitative estimate of drug-likeness (QED) is 0.246. The standard InChI is InChI=1S/C23H27N7O2/c1-3-18-19(16-6-9-20(28-12-16)23(32)25-2)13-29-22(27-11-10-26-14-30-24)21(18)15-4-7-17(31)8-5-15/h4-9,12-13,24,26,31H,3,10-11,14H2,1-2H3,(H,25,32)(H,27,29). The number of hydrogen-bond donors (Lipinski definition) is 5. The minimum atomic E-state index is -0.235. The largest absolute Gasteiger partial charge is 0.508 e. The Hall–Kier alpha value is -3.85. The minimum absolute atomic E-state index is 0.197. The third kappa shape index (κ3) is 5.25. The number of benzene rings is 1. The van der Waals surface area contributed by atoms with Crippen LogP contribution in [0.1, 0.15) is 23.0 Å². The van der Waals surface area contributed by atoms with Gasteiger partial charge in [-0.3, -0.25) is 15.1 Å². The molecular formula is C23H27N7O2. The number of hydrogen-bond acceptors (Lipinski definition) is 8. The monoisotopic (exact) mass is 433 g/mol. The van der Waals surface area contributed by atoms with Gasteiger partial charge in [0.05, 0.1) is 0 Å². The third-order valence-corrected chi connectivity index (χ3v) is 5.02. The van der Waals surface area contributed by atoms with Gasteiger partial charge in [-0.2, -0.15) is 5.11 Å². The average Bonchev–Trinajstić information content (AvgIpc) is 2.83. The summed E-state index contributed by atoms with van der Waals surface area (Å²) in [4.78, 5) is 20.8. The first kappa shape index (κ1) is 22.8. The molecule has 9 nitrogen and oxygen atoms in total. The summed E-state index contributed by atoms with van der Waals surface area (Å²) in [7, 11) is 1.57. The molecule has 0 saturated carbocycles. The van der Waals surface area contributed by atoms with Crippen molar-refractivity contribution in [2.75, 3.05) is 32.1 Å². The summed E-state index contributed by atoms with van der Waals surface area (Å²) in [6.07, 6.45) is 4.24. The van der Waals surface area contributed by atoms with Gasteiger partial charge in [0, 0.05) is 49.2 Å². The Bertz CT molecular complexity index is 1070. The van der Waals surface area contributed by atoms with Crippen molar-refractivity contribution in [3.8, 4) is 28.0 Å². The van der Waals surface area contributed by atoms with Gasteiger partial charge in [-0.05, 0) is 35.7 Å². The summed E-state index contributed by atoms with van der Waals surface area (Å²) in [6, 6.07) is 10.6. The van der Waals surface area contributed by atoms with E-state index in [1.54, 1.807) is 31.4 Å². The molecule has 0 radical (unpaired) electrons. The second-order valence-electron chi connectivity index (χ2n) is 7.03. The minimum Gasteiger partial charge on any atom is -0.508 e. The normalized spacial score (nSPS) is 10.6. The first-order valence-electron chi connectivity index (χ1n) is 10.4. The Labute approximate surface area is 186 Å². The van der Waals surface area contributed by atoms with E-state index in [1.165, 1.54) is 0 Å². The van der Waals surface area contributed by atoms with Crippen LogP contribution in [0, 0.1) is 5.53 Å². The highest BCUT2D eigenvalue weighted by Crippen LogP contribution is 2.37. The van der Waals surface area contributed by atoms with Gasteiger partial charge in [0.1, 0.15) is 23.9 Å². The first-order chi connectivity index (χ1) is 15.6. The van der Waals surface area contributed by atoms with Crippen molar-refractivity contribution in [2.24, 2.45) is 5.11 Å². The highest BCUT2D eigenvalue weighted by molar-refractivity contribution is 5.92. The molecule has 3 aromatic rings. The molecule has 2 heterocycles. The predicted molar refractivity (Wildman–Crippen MR) is 124 cm³/mol. The zero-order valence-electron chi connectivity index (χ0n) is 18.1. The van der Waals surface area contributed by atoms with Gasteiger partial charge in [-0.25, -0.2) is 10.5 Å². The highest BCUT2D eigenvalue weighted by atomic mass is 16.3. The molecule has 3 rings (SSSR count). The van der Waals surface area contributed by atoms with E-state index in [0.29, 0.717) is 18.8 Å². The molecule has 1 aromatic carbocycles. The van der Waals surface area contributed by atoms with E-state index in [2.05, 4.69) is 38.0 Å². The van der Waals surface area contributed by atoms with Crippen molar-refractivity contribution in [3.05, 3.63) is 60.0 Å². The fraction of sp³-hybridized carbons (Fsp3) is 0.261. The Morgan fingerprint density at radius 2 is 1.81 bits per heavy atom. The first-order valence-corrected chi connectivity index (χ1v) is 10.4. The number of rotatable bonds is 10.